The van der Waals surface area contributed by atoms with E-state index in [1.165, 1.54) is 10.6 Å². The Hall–Kier alpha value is -1.06. The van der Waals surface area contributed by atoms with Crippen LogP contribution in [-0.4, -0.2) is 5.75 Å². The van der Waals surface area contributed by atoms with Gasteiger partial charge in [-0.3, -0.25) is 0 Å². The number of benzene rings is 1. The maximum atomic E-state index is 2.20. The van der Waals surface area contributed by atoms with Crippen LogP contribution in [-0.2, 0) is 7.05 Å². The van der Waals surface area contributed by atoms with Gasteiger partial charge in [0.2, 0.25) is 5.03 Å². The lowest BCUT2D eigenvalue weighted by Gasteiger charge is -1.96. The first-order chi connectivity index (χ1) is 8.36. The number of aryl methyl sites for hydroxylation is 1. The van der Waals surface area contributed by atoms with Crippen LogP contribution in [0.2, 0.25) is 0 Å². The molecule has 0 aliphatic heterocycles. The van der Waals surface area contributed by atoms with E-state index in [2.05, 4.69) is 66.4 Å². The van der Waals surface area contributed by atoms with Gasteiger partial charge in [-0.25, -0.2) is 0 Å². The molecule has 0 bridgehead atoms. The molecule has 3 heteroatoms. The van der Waals surface area contributed by atoms with Gasteiger partial charge in [-0.2, -0.15) is 4.57 Å². The number of aromatic nitrogens is 1. The monoisotopic (exact) mass is 321 g/mol. The Morgan fingerprint density at radius 2 is 1.78 bits per heavy atom. The number of thioether (sulfide) groups is 1. The van der Waals surface area contributed by atoms with E-state index in [0.29, 0.717) is 0 Å². The first-order valence-electron chi connectivity index (χ1n) is 5.65. The Labute approximate surface area is 123 Å². The molecule has 0 radical (unpaired) electrons. The highest BCUT2D eigenvalue weighted by Crippen LogP contribution is 2.13. The Morgan fingerprint density at radius 1 is 1.06 bits per heavy atom. The molecular weight excluding hydrogens is 306 g/mol. The van der Waals surface area contributed by atoms with E-state index in [0.717, 1.165) is 5.75 Å². The number of hydrogen-bond donors (Lipinski definition) is 0. The van der Waals surface area contributed by atoms with Gasteiger partial charge in [-0.15, -0.1) is 0 Å². The molecule has 2 aromatic rings. The summed E-state index contributed by atoms with van der Waals surface area (Å²) in [5.74, 6) is 0.993. The molecule has 94 valence electrons. The van der Waals surface area contributed by atoms with Gasteiger partial charge in [-0.05, 0) is 11.6 Å². The van der Waals surface area contributed by atoms with Crippen molar-refractivity contribution in [3.05, 3.63) is 66.4 Å². The van der Waals surface area contributed by atoms with Gasteiger partial charge in [-0.1, -0.05) is 54.2 Å². The highest BCUT2D eigenvalue weighted by Gasteiger charge is 2.02. The summed E-state index contributed by atoms with van der Waals surface area (Å²) in [4.78, 5) is 0. The van der Waals surface area contributed by atoms with E-state index < -0.39 is 0 Å². The van der Waals surface area contributed by atoms with Crippen LogP contribution >= 0.6 is 11.8 Å². The maximum Gasteiger partial charge on any atom is 0.240 e. The summed E-state index contributed by atoms with van der Waals surface area (Å²) < 4.78 is 2.14. The largest absolute Gasteiger partial charge is 1.00 e. The van der Waals surface area contributed by atoms with Crippen molar-refractivity contribution in [1.82, 2.24) is 0 Å². The normalized spacial score (nSPS) is 10.3. The van der Waals surface area contributed by atoms with E-state index in [1.807, 2.05) is 23.9 Å². The molecule has 0 unspecified atom stereocenters. The van der Waals surface area contributed by atoms with E-state index in [4.69, 9.17) is 0 Å². The lowest BCUT2D eigenvalue weighted by molar-refractivity contribution is -0.708. The molecule has 18 heavy (non-hydrogen) atoms. The zero-order valence-corrected chi connectivity index (χ0v) is 12.7. The van der Waals surface area contributed by atoms with Crippen LogP contribution < -0.4 is 21.5 Å². The summed E-state index contributed by atoms with van der Waals surface area (Å²) in [6.45, 7) is 0. The minimum atomic E-state index is 0. The fraction of sp³-hybridized carbons (Fsp3) is 0.133. The second-order valence-electron chi connectivity index (χ2n) is 3.77. The van der Waals surface area contributed by atoms with Gasteiger partial charge in [0.25, 0.3) is 0 Å². The molecule has 0 saturated carbocycles. The van der Waals surface area contributed by atoms with E-state index in [1.54, 1.807) is 0 Å². The molecule has 0 atom stereocenters. The predicted molar refractivity (Wildman–Crippen MR) is 73.8 cm³/mol. The number of halogens is 1. The summed E-state index contributed by atoms with van der Waals surface area (Å²) in [7, 11) is 2.07. The summed E-state index contributed by atoms with van der Waals surface area (Å²) in [6.07, 6.45) is 6.44. The molecule has 1 aromatic carbocycles. The fourth-order valence-electron chi connectivity index (χ4n) is 1.54. The van der Waals surface area contributed by atoms with Crippen LogP contribution in [0.5, 0.6) is 0 Å². The highest BCUT2D eigenvalue weighted by molar-refractivity contribution is 7.99. The van der Waals surface area contributed by atoms with Crippen molar-refractivity contribution < 1.29 is 21.5 Å². The smallest absolute Gasteiger partial charge is 0.240 e. The van der Waals surface area contributed by atoms with Gasteiger partial charge in [0, 0.05) is 17.9 Å². The van der Waals surface area contributed by atoms with Gasteiger partial charge in [0.1, 0.15) is 7.05 Å². The second-order valence-corrected chi connectivity index (χ2v) is 4.81. The van der Waals surface area contributed by atoms with Gasteiger partial charge in [0.05, 0.1) is 0 Å². The molecule has 0 amide bonds. The third kappa shape index (κ3) is 4.67. The van der Waals surface area contributed by atoms with E-state index in [9.17, 15) is 0 Å². The maximum absolute atomic E-state index is 2.20. The second kappa shape index (κ2) is 8.11. The molecule has 1 heterocycles. The standard InChI is InChI=1S/C15H16NS.BrH/c1-16-12-6-5-11-15(16)17-13-7-10-14-8-3-2-4-9-14;/h2-12H,13H2,1H3;1H/q+1;/p-1/b10-7+;. The number of rotatable bonds is 4. The Morgan fingerprint density at radius 3 is 2.50 bits per heavy atom. The van der Waals surface area contributed by atoms with Gasteiger partial charge >= 0.3 is 0 Å². The van der Waals surface area contributed by atoms with Crippen LogP contribution in [0, 0.1) is 0 Å². The zero-order valence-electron chi connectivity index (χ0n) is 10.3. The van der Waals surface area contributed by atoms with Crippen LogP contribution in [0.3, 0.4) is 0 Å². The third-order valence-corrected chi connectivity index (χ3v) is 3.52. The van der Waals surface area contributed by atoms with Crippen LogP contribution in [0.15, 0.2) is 65.8 Å². The van der Waals surface area contributed by atoms with Crippen molar-refractivity contribution in [3.63, 3.8) is 0 Å². The molecule has 0 N–H and O–H groups in total. The molecule has 1 nitrogen and oxygen atoms in total. The SMILES string of the molecule is C[n+]1ccccc1SC/C=C/c1ccccc1.[Br-]. The Bertz CT molecular complexity index is 497. The van der Waals surface area contributed by atoms with Crippen LogP contribution in [0.1, 0.15) is 5.56 Å². The molecule has 0 saturated heterocycles. The average Bonchev–Trinajstić information content (AvgIpc) is 2.38. The number of pyridine rings is 1. The molecule has 0 fully saturated rings. The lowest BCUT2D eigenvalue weighted by atomic mass is 10.2. The van der Waals surface area contributed by atoms with Crippen molar-refractivity contribution >= 4 is 17.8 Å². The lowest BCUT2D eigenvalue weighted by Crippen LogP contribution is -3.00. The molecule has 1 aromatic heterocycles. The summed E-state index contributed by atoms with van der Waals surface area (Å²) in [6, 6.07) is 16.6. The first kappa shape index (κ1) is 15.0. The quantitative estimate of drug-likeness (QED) is 0.579. The summed E-state index contributed by atoms with van der Waals surface area (Å²) in [5.41, 5.74) is 1.26. The number of nitrogens with zero attached hydrogens (tertiary/aromatic N) is 1. The zero-order chi connectivity index (χ0) is 11.9. The summed E-state index contributed by atoms with van der Waals surface area (Å²) >= 11 is 1.84. The topological polar surface area (TPSA) is 3.88 Å². The number of hydrogen-bond acceptors (Lipinski definition) is 1. The molecule has 0 aliphatic carbocycles. The van der Waals surface area contributed by atoms with Crippen LogP contribution in [0.4, 0.5) is 0 Å². The Balaban J connectivity index is 0.00000162. The Kier molecular flexibility index (Phi) is 6.76. The molecule has 0 spiro atoms. The van der Waals surface area contributed by atoms with Crippen molar-refractivity contribution in [2.24, 2.45) is 7.05 Å². The first-order valence-corrected chi connectivity index (χ1v) is 6.64. The van der Waals surface area contributed by atoms with Crippen molar-refractivity contribution in [1.29, 1.82) is 0 Å². The molecule has 2 rings (SSSR count). The fourth-order valence-corrected chi connectivity index (χ4v) is 2.34. The highest BCUT2D eigenvalue weighted by atomic mass is 79.9. The van der Waals surface area contributed by atoms with Gasteiger partial charge in [0.15, 0.2) is 6.20 Å². The molecular formula is C15H16BrNS. The van der Waals surface area contributed by atoms with Gasteiger partial charge < -0.3 is 17.0 Å². The average molecular weight is 322 g/mol. The van der Waals surface area contributed by atoms with Crippen molar-refractivity contribution in [3.8, 4) is 0 Å². The van der Waals surface area contributed by atoms with Crippen molar-refractivity contribution in [2.75, 3.05) is 5.75 Å². The minimum absolute atomic E-state index is 0. The minimum Gasteiger partial charge on any atom is -1.00 e. The molecule has 0 aliphatic rings. The van der Waals surface area contributed by atoms with Crippen LogP contribution in [0.25, 0.3) is 6.08 Å². The van der Waals surface area contributed by atoms with E-state index >= 15 is 0 Å². The third-order valence-electron chi connectivity index (χ3n) is 2.44. The summed E-state index contributed by atoms with van der Waals surface area (Å²) in [5, 5.41) is 1.28. The van der Waals surface area contributed by atoms with Crippen molar-refractivity contribution in [2.45, 2.75) is 5.03 Å². The predicted octanol–water partition coefficient (Wildman–Crippen LogP) is 0.321. The van der Waals surface area contributed by atoms with E-state index in [-0.39, 0.29) is 17.0 Å².